The van der Waals surface area contributed by atoms with Gasteiger partial charge in [-0.2, -0.15) is 0 Å². The van der Waals surface area contributed by atoms with Crippen LogP contribution < -0.4 is 5.32 Å². The van der Waals surface area contributed by atoms with Crippen molar-refractivity contribution in [2.45, 2.75) is 38.7 Å². The van der Waals surface area contributed by atoms with Gasteiger partial charge in [-0.3, -0.25) is 0 Å². The zero-order chi connectivity index (χ0) is 12.1. The highest BCUT2D eigenvalue weighted by molar-refractivity contribution is 4.90. The lowest BCUT2D eigenvalue weighted by Crippen LogP contribution is -2.32. The van der Waals surface area contributed by atoms with Gasteiger partial charge in [-0.05, 0) is 32.7 Å². The van der Waals surface area contributed by atoms with E-state index in [0.717, 1.165) is 50.6 Å². The highest BCUT2D eigenvalue weighted by Crippen LogP contribution is 2.32. The predicted molar refractivity (Wildman–Crippen MR) is 63.8 cm³/mol. The minimum atomic E-state index is 0.455. The van der Waals surface area contributed by atoms with Crippen LogP contribution >= 0.6 is 0 Å². The lowest BCUT2D eigenvalue weighted by molar-refractivity contribution is -0.0255. The maximum Gasteiger partial charge on any atom is 0.217 e. The maximum absolute atomic E-state index is 5.58. The summed E-state index contributed by atoms with van der Waals surface area (Å²) in [5.41, 5.74) is 0. The van der Waals surface area contributed by atoms with Crippen LogP contribution in [0.5, 0.6) is 0 Å². The second kappa shape index (κ2) is 6.12. The predicted octanol–water partition coefficient (Wildman–Crippen LogP) is 1.19. The number of aromatic nitrogens is 2. The lowest BCUT2D eigenvalue weighted by Gasteiger charge is -2.33. The lowest BCUT2D eigenvalue weighted by atomic mass is 9.80. The minimum absolute atomic E-state index is 0.455. The number of hydrogen-bond acceptors (Lipinski definition) is 5. The quantitative estimate of drug-likeness (QED) is 0.774. The molecule has 0 atom stereocenters. The van der Waals surface area contributed by atoms with Gasteiger partial charge in [-0.25, -0.2) is 0 Å². The summed E-state index contributed by atoms with van der Waals surface area (Å²) in [6.07, 6.45) is 4.41. The Morgan fingerprint density at radius 1 is 1.35 bits per heavy atom. The van der Waals surface area contributed by atoms with Crippen LogP contribution in [0.1, 0.15) is 31.5 Å². The molecule has 0 aliphatic heterocycles. The van der Waals surface area contributed by atoms with Gasteiger partial charge >= 0.3 is 0 Å². The Bertz CT molecular complexity index is 334. The molecule has 1 aliphatic rings. The molecule has 1 N–H and O–H groups in total. The van der Waals surface area contributed by atoms with Crippen molar-refractivity contribution in [1.29, 1.82) is 0 Å². The van der Waals surface area contributed by atoms with E-state index in [0.29, 0.717) is 12.0 Å². The number of ether oxygens (including phenoxy) is 1. The molecule has 1 fully saturated rings. The van der Waals surface area contributed by atoms with Crippen molar-refractivity contribution in [3.8, 4) is 0 Å². The topological polar surface area (TPSA) is 60.2 Å². The normalized spacial score (nSPS) is 23.6. The fourth-order valence-electron chi connectivity index (χ4n) is 2.16. The summed E-state index contributed by atoms with van der Waals surface area (Å²) >= 11 is 0. The van der Waals surface area contributed by atoms with Gasteiger partial charge in [0.25, 0.3) is 0 Å². The summed E-state index contributed by atoms with van der Waals surface area (Å²) < 4.78 is 11.1. The number of likely N-dealkylation sites (N-methyl/N-ethyl adjacent to an activating group) is 1. The van der Waals surface area contributed by atoms with Crippen LogP contribution in [0.2, 0.25) is 0 Å². The molecule has 0 spiro atoms. The third-order valence-electron chi connectivity index (χ3n) is 3.16. The van der Waals surface area contributed by atoms with Crippen LogP contribution in [0.15, 0.2) is 4.42 Å². The summed E-state index contributed by atoms with van der Waals surface area (Å²) in [6, 6.07) is 0. The van der Waals surface area contributed by atoms with Crippen LogP contribution in [0, 0.1) is 5.92 Å². The number of rotatable bonds is 7. The van der Waals surface area contributed by atoms with E-state index in [9.17, 15) is 0 Å². The van der Waals surface area contributed by atoms with E-state index in [-0.39, 0.29) is 0 Å². The van der Waals surface area contributed by atoms with Crippen molar-refractivity contribution in [2.24, 2.45) is 5.92 Å². The largest absolute Gasteiger partial charge is 0.425 e. The Balaban J connectivity index is 1.71. The Morgan fingerprint density at radius 3 is 2.82 bits per heavy atom. The number of hydrogen-bond donors (Lipinski definition) is 1. The van der Waals surface area contributed by atoms with E-state index in [1.165, 1.54) is 0 Å². The van der Waals surface area contributed by atoms with Crippen LogP contribution in [0.3, 0.4) is 0 Å². The molecule has 1 heterocycles. The summed E-state index contributed by atoms with van der Waals surface area (Å²) in [5, 5.41) is 11.2. The summed E-state index contributed by atoms with van der Waals surface area (Å²) in [6.45, 7) is 3.73. The van der Waals surface area contributed by atoms with E-state index < -0.39 is 0 Å². The molecule has 96 valence electrons. The molecule has 0 saturated heterocycles. The molecule has 5 nitrogen and oxygen atoms in total. The van der Waals surface area contributed by atoms with Gasteiger partial charge in [0.05, 0.1) is 6.10 Å². The first-order valence-electron chi connectivity index (χ1n) is 6.39. The first-order chi connectivity index (χ1) is 8.31. The van der Waals surface area contributed by atoms with Gasteiger partial charge in [-0.1, -0.05) is 0 Å². The van der Waals surface area contributed by atoms with Crippen LogP contribution in [-0.4, -0.2) is 36.5 Å². The summed E-state index contributed by atoms with van der Waals surface area (Å²) in [4.78, 5) is 0. The van der Waals surface area contributed by atoms with Crippen molar-refractivity contribution in [2.75, 3.05) is 20.2 Å². The molecule has 17 heavy (non-hydrogen) atoms. The highest BCUT2D eigenvalue weighted by Gasteiger charge is 2.30. The monoisotopic (exact) mass is 239 g/mol. The Morgan fingerprint density at radius 2 is 2.12 bits per heavy atom. The molecule has 0 unspecified atom stereocenters. The average molecular weight is 239 g/mol. The van der Waals surface area contributed by atoms with Gasteiger partial charge in [0, 0.05) is 26.0 Å². The smallest absolute Gasteiger partial charge is 0.217 e. The van der Waals surface area contributed by atoms with Gasteiger partial charge in [-0.15, -0.1) is 10.2 Å². The third kappa shape index (κ3) is 3.51. The maximum atomic E-state index is 5.58. The summed E-state index contributed by atoms with van der Waals surface area (Å²) in [7, 11) is 1.92. The SMILES string of the molecule is CCOC1CC(Cc2nnc(CCNC)o2)C1. The molecule has 1 aromatic heterocycles. The molecule has 1 aromatic rings. The molecule has 1 saturated carbocycles. The molecule has 1 aliphatic carbocycles. The zero-order valence-corrected chi connectivity index (χ0v) is 10.6. The van der Waals surface area contributed by atoms with Gasteiger partial charge in [0.2, 0.25) is 11.8 Å². The first kappa shape index (κ1) is 12.5. The van der Waals surface area contributed by atoms with E-state index in [1.807, 2.05) is 14.0 Å². The molecular formula is C12H21N3O2. The molecule has 0 amide bonds. The molecule has 0 aromatic carbocycles. The number of nitrogens with one attached hydrogen (secondary N) is 1. The van der Waals surface area contributed by atoms with E-state index >= 15 is 0 Å². The van der Waals surface area contributed by atoms with Gasteiger partial charge in [0.15, 0.2) is 0 Å². The second-order valence-electron chi connectivity index (χ2n) is 4.56. The zero-order valence-electron chi connectivity index (χ0n) is 10.6. The summed E-state index contributed by atoms with van der Waals surface area (Å²) in [5.74, 6) is 2.16. The Hall–Kier alpha value is -0.940. The van der Waals surface area contributed by atoms with E-state index in [2.05, 4.69) is 15.5 Å². The van der Waals surface area contributed by atoms with Crippen LogP contribution in [0.25, 0.3) is 0 Å². The molecule has 2 rings (SSSR count). The van der Waals surface area contributed by atoms with Crippen LogP contribution in [0.4, 0.5) is 0 Å². The fraction of sp³-hybridized carbons (Fsp3) is 0.833. The molecular weight excluding hydrogens is 218 g/mol. The van der Waals surface area contributed by atoms with Crippen molar-refractivity contribution >= 4 is 0 Å². The molecule has 0 radical (unpaired) electrons. The van der Waals surface area contributed by atoms with Crippen LogP contribution in [-0.2, 0) is 17.6 Å². The fourth-order valence-corrected chi connectivity index (χ4v) is 2.16. The third-order valence-corrected chi connectivity index (χ3v) is 3.16. The first-order valence-corrected chi connectivity index (χ1v) is 6.39. The van der Waals surface area contributed by atoms with Crippen molar-refractivity contribution in [3.05, 3.63) is 11.8 Å². The van der Waals surface area contributed by atoms with E-state index in [4.69, 9.17) is 9.15 Å². The number of nitrogens with zero attached hydrogens (tertiary/aromatic N) is 2. The Kier molecular flexibility index (Phi) is 4.50. The van der Waals surface area contributed by atoms with Crippen molar-refractivity contribution < 1.29 is 9.15 Å². The standard InChI is InChI=1S/C12H21N3O2/c1-3-16-10-6-9(7-10)8-12-15-14-11(17-12)4-5-13-2/h9-10,13H,3-8H2,1-2H3. The second-order valence-corrected chi connectivity index (χ2v) is 4.56. The Labute approximate surface area is 102 Å². The van der Waals surface area contributed by atoms with Crippen molar-refractivity contribution in [3.63, 3.8) is 0 Å². The highest BCUT2D eigenvalue weighted by atomic mass is 16.5. The van der Waals surface area contributed by atoms with E-state index in [1.54, 1.807) is 0 Å². The van der Waals surface area contributed by atoms with Gasteiger partial charge < -0.3 is 14.5 Å². The molecule has 5 heteroatoms. The molecule has 0 bridgehead atoms. The average Bonchev–Trinajstić information content (AvgIpc) is 2.71. The minimum Gasteiger partial charge on any atom is -0.425 e. The van der Waals surface area contributed by atoms with Crippen molar-refractivity contribution in [1.82, 2.24) is 15.5 Å². The van der Waals surface area contributed by atoms with Gasteiger partial charge in [0.1, 0.15) is 0 Å².